The predicted molar refractivity (Wildman–Crippen MR) is 125 cm³/mol. The summed E-state index contributed by atoms with van der Waals surface area (Å²) in [7, 11) is 2.61. The van der Waals surface area contributed by atoms with E-state index in [1.54, 1.807) is 6.07 Å². The number of rotatable bonds is 7. The number of ketones is 1. The van der Waals surface area contributed by atoms with Gasteiger partial charge < -0.3 is 25.1 Å². The van der Waals surface area contributed by atoms with Gasteiger partial charge in [-0.2, -0.15) is 0 Å². The second kappa shape index (κ2) is 9.36. The third-order valence-electron chi connectivity index (χ3n) is 6.26. The van der Waals surface area contributed by atoms with Crippen LogP contribution in [0, 0.1) is 5.92 Å². The van der Waals surface area contributed by atoms with Gasteiger partial charge in [-0.1, -0.05) is 30.3 Å². The summed E-state index contributed by atoms with van der Waals surface area (Å²) in [5.41, 5.74) is 7.71. The van der Waals surface area contributed by atoms with Crippen LogP contribution in [0.5, 0.6) is 5.75 Å². The number of aromatic nitrogens is 1. The first-order chi connectivity index (χ1) is 15.9. The highest BCUT2D eigenvalue weighted by molar-refractivity contribution is 6.44. The molecular formula is C25H27N3O5. The van der Waals surface area contributed by atoms with Crippen LogP contribution in [0.25, 0.3) is 10.9 Å². The summed E-state index contributed by atoms with van der Waals surface area (Å²) in [6.07, 6.45) is 2.91. The Labute approximate surface area is 191 Å². The molecule has 1 aromatic heterocycles. The Morgan fingerprint density at radius 2 is 1.79 bits per heavy atom. The van der Waals surface area contributed by atoms with E-state index < -0.39 is 17.7 Å². The fourth-order valence-electron chi connectivity index (χ4n) is 4.54. The number of primary amides is 1. The molecule has 0 aliphatic carbocycles. The zero-order chi connectivity index (χ0) is 23.5. The van der Waals surface area contributed by atoms with Gasteiger partial charge in [0.2, 0.25) is 0 Å². The number of hydrogen-bond donors (Lipinski definition) is 2. The molecule has 3 N–H and O–H groups in total. The first-order valence-electron chi connectivity index (χ1n) is 10.9. The number of H-pyrrole nitrogens is 1. The maximum absolute atomic E-state index is 13.0. The van der Waals surface area contributed by atoms with Crippen LogP contribution >= 0.6 is 0 Å². The molecule has 1 aliphatic rings. The molecule has 1 saturated heterocycles. The zero-order valence-corrected chi connectivity index (χ0v) is 18.7. The van der Waals surface area contributed by atoms with Crippen LogP contribution in [0.4, 0.5) is 5.82 Å². The highest BCUT2D eigenvalue weighted by Gasteiger charge is 2.31. The molecule has 1 fully saturated rings. The van der Waals surface area contributed by atoms with Crippen molar-refractivity contribution in [3.63, 3.8) is 0 Å². The number of benzene rings is 2. The monoisotopic (exact) mass is 449 g/mol. The molecule has 0 unspecified atom stereocenters. The molecule has 0 radical (unpaired) electrons. The number of methoxy groups -OCH3 is 2. The normalized spacial score (nSPS) is 14.3. The molecule has 0 saturated carbocycles. The molecule has 4 rings (SSSR count). The minimum atomic E-state index is -0.965. The number of esters is 1. The maximum Gasteiger partial charge on any atom is 0.379 e. The topological polar surface area (TPSA) is 115 Å². The van der Waals surface area contributed by atoms with Crippen molar-refractivity contribution < 1.29 is 23.9 Å². The van der Waals surface area contributed by atoms with Crippen LogP contribution in [0.2, 0.25) is 0 Å². The molecule has 0 atom stereocenters. The molecule has 172 valence electrons. The van der Waals surface area contributed by atoms with Crippen molar-refractivity contribution in [1.82, 2.24) is 4.98 Å². The van der Waals surface area contributed by atoms with Crippen LogP contribution in [-0.4, -0.2) is 50.0 Å². The Hall–Kier alpha value is -3.81. The van der Waals surface area contributed by atoms with Crippen molar-refractivity contribution in [3.05, 3.63) is 59.2 Å². The van der Waals surface area contributed by atoms with E-state index in [9.17, 15) is 14.4 Å². The number of nitrogens with one attached hydrogen (secondary N) is 1. The Kier molecular flexibility index (Phi) is 6.35. The number of piperidine rings is 1. The number of aromatic amines is 1. The summed E-state index contributed by atoms with van der Waals surface area (Å²) >= 11 is 0. The molecule has 1 amide bonds. The molecule has 8 heteroatoms. The lowest BCUT2D eigenvalue weighted by Gasteiger charge is -2.33. The van der Waals surface area contributed by atoms with Gasteiger partial charge in [0.05, 0.1) is 30.9 Å². The molecular weight excluding hydrogens is 422 g/mol. The van der Waals surface area contributed by atoms with Gasteiger partial charge in [0, 0.05) is 24.5 Å². The van der Waals surface area contributed by atoms with Crippen molar-refractivity contribution in [2.45, 2.75) is 19.3 Å². The van der Waals surface area contributed by atoms with E-state index >= 15 is 0 Å². The molecule has 33 heavy (non-hydrogen) atoms. The minimum Gasteiger partial charge on any atom is -0.496 e. The van der Waals surface area contributed by atoms with Crippen LogP contribution in [-0.2, 0) is 16.0 Å². The molecule has 0 bridgehead atoms. The maximum atomic E-state index is 13.0. The highest BCUT2D eigenvalue weighted by Crippen LogP contribution is 2.36. The van der Waals surface area contributed by atoms with Crippen LogP contribution < -0.4 is 15.4 Å². The van der Waals surface area contributed by atoms with Gasteiger partial charge in [0.25, 0.3) is 11.7 Å². The first-order valence-corrected chi connectivity index (χ1v) is 10.9. The number of carbonyl (C=O) groups excluding carboxylic acids is 3. The number of nitrogens with two attached hydrogens (primary N) is 1. The number of Topliss-reactive ketones (excluding diaryl/α,β-unsaturated/α-hetero) is 1. The zero-order valence-electron chi connectivity index (χ0n) is 18.7. The molecule has 2 heterocycles. The van der Waals surface area contributed by atoms with E-state index in [0.717, 1.165) is 32.4 Å². The molecule has 2 aromatic carbocycles. The number of hydrogen-bond acceptors (Lipinski definition) is 6. The standard InChI is InChI=1S/C25H27N3O5/c1-32-20-14-19-17(13-18(20)23(26)30)21(22(29)25(31)33-2)24(27-19)28-10-8-16(9-11-28)12-15-6-4-3-5-7-15/h3-7,13-14,16,27H,8-12H2,1-2H3,(H2,26,30). The van der Waals surface area contributed by atoms with E-state index in [-0.39, 0.29) is 11.1 Å². The minimum absolute atomic E-state index is 0.135. The van der Waals surface area contributed by atoms with Crippen molar-refractivity contribution in [3.8, 4) is 5.75 Å². The molecule has 8 nitrogen and oxygen atoms in total. The fourth-order valence-corrected chi connectivity index (χ4v) is 4.54. The lowest BCUT2D eigenvalue weighted by Crippen LogP contribution is -2.35. The lowest BCUT2D eigenvalue weighted by atomic mass is 9.90. The van der Waals surface area contributed by atoms with Crippen LogP contribution in [0.15, 0.2) is 42.5 Å². The van der Waals surface area contributed by atoms with E-state index in [1.807, 2.05) is 18.2 Å². The predicted octanol–water partition coefficient (Wildman–Crippen LogP) is 3.09. The highest BCUT2D eigenvalue weighted by atomic mass is 16.5. The van der Waals surface area contributed by atoms with E-state index in [4.69, 9.17) is 15.2 Å². The summed E-state index contributed by atoms with van der Waals surface area (Å²) in [6, 6.07) is 13.5. The van der Waals surface area contributed by atoms with E-state index in [2.05, 4.69) is 22.0 Å². The number of ether oxygens (including phenoxy) is 2. The van der Waals surface area contributed by atoms with Gasteiger partial charge in [-0.15, -0.1) is 0 Å². The number of amides is 1. The third kappa shape index (κ3) is 4.41. The number of anilines is 1. The van der Waals surface area contributed by atoms with Gasteiger partial charge in [0.1, 0.15) is 11.6 Å². The first kappa shape index (κ1) is 22.4. The number of carbonyl (C=O) groups is 3. The second-order valence-corrected chi connectivity index (χ2v) is 8.25. The number of fused-ring (bicyclic) bond motifs is 1. The third-order valence-corrected chi connectivity index (χ3v) is 6.26. The van der Waals surface area contributed by atoms with Gasteiger partial charge in [-0.05, 0) is 36.8 Å². The Bertz CT molecular complexity index is 1190. The summed E-state index contributed by atoms with van der Waals surface area (Å²) < 4.78 is 9.99. The van der Waals surface area contributed by atoms with Crippen LogP contribution in [0.1, 0.15) is 39.1 Å². The van der Waals surface area contributed by atoms with E-state index in [0.29, 0.717) is 28.4 Å². The lowest BCUT2D eigenvalue weighted by molar-refractivity contribution is -0.135. The summed E-state index contributed by atoms with van der Waals surface area (Å²) in [5, 5.41) is 0.432. The SMILES string of the molecule is COC(=O)C(=O)c1c(N2CCC(Cc3ccccc3)CC2)[nH]c2cc(OC)c(C(N)=O)cc12. The largest absolute Gasteiger partial charge is 0.496 e. The quantitative estimate of drug-likeness (QED) is 0.325. The van der Waals surface area contributed by atoms with E-state index in [1.165, 1.54) is 25.8 Å². The average molecular weight is 450 g/mol. The van der Waals surface area contributed by atoms with Gasteiger partial charge in [-0.3, -0.25) is 9.59 Å². The Balaban J connectivity index is 1.68. The van der Waals surface area contributed by atoms with Gasteiger partial charge >= 0.3 is 5.97 Å². The summed E-state index contributed by atoms with van der Waals surface area (Å²) in [4.78, 5) is 42.4. The van der Waals surface area contributed by atoms with Crippen molar-refractivity contribution in [1.29, 1.82) is 0 Å². The fraction of sp³-hybridized carbons (Fsp3) is 0.320. The molecule has 1 aliphatic heterocycles. The smallest absolute Gasteiger partial charge is 0.379 e. The van der Waals surface area contributed by atoms with Gasteiger partial charge in [0.15, 0.2) is 0 Å². The van der Waals surface area contributed by atoms with Crippen LogP contribution in [0.3, 0.4) is 0 Å². The van der Waals surface area contributed by atoms with Crippen molar-refractivity contribution >= 4 is 34.4 Å². The Morgan fingerprint density at radius 1 is 1.09 bits per heavy atom. The summed E-state index contributed by atoms with van der Waals surface area (Å²) in [5.74, 6) is -1.05. The average Bonchev–Trinajstić information content (AvgIpc) is 3.21. The number of nitrogens with zero attached hydrogens (tertiary/aromatic N) is 1. The molecule has 3 aromatic rings. The molecule has 0 spiro atoms. The van der Waals surface area contributed by atoms with Crippen molar-refractivity contribution in [2.75, 3.05) is 32.2 Å². The second-order valence-electron chi connectivity index (χ2n) is 8.25. The summed E-state index contributed by atoms with van der Waals surface area (Å²) in [6.45, 7) is 1.46. The van der Waals surface area contributed by atoms with Crippen molar-refractivity contribution in [2.24, 2.45) is 11.7 Å². The Morgan fingerprint density at radius 3 is 2.39 bits per heavy atom. The van der Waals surface area contributed by atoms with Gasteiger partial charge in [-0.25, -0.2) is 4.79 Å².